The molecule has 2 N–H and O–H groups in total. The first-order valence-electron chi connectivity index (χ1n) is 5.57. The Kier molecular flexibility index (Phi) is 19.8. The smallest absolute Gasteiger partial charge is 0.00585 e. The van der Waals surface area contributed by atoms with Crippen LogP contribution >= 0.6 is 48.3 Å². The molecule has 0 aromatic heterocycles. The van der Waals surface area contributed by atoms with Gasteiger partial charge in [-0.05, 0) is 37.4 Å². The van der Waals surface area contributed by atoms with Crippen LogP contribution in [0.15, 0.2) is 0 Å². The first kappa shape index (κ1) is 19.5. The number of halogens is 2. The molecule has 0 radical (unpaired) electrons. The van der Waals surface area contributed by atoms with Crippen LogP contribution < -0.4 is 10.6 Å². The summed E-state index contributed by atoms with van der Waals surface area (Å²) in [6.07, 6.45) is 2.64. The fourth-order valence-electron chi connectivity index (χ4n) is 1.34. The highest BCUT2D eigenvalue weighted by molar-refractivity contribution is 7.99. The van der Waals surface area contributed by atoms with Crippen LogP contribution in [0.3, 0.4) is 0 Å². The average molecular weight is 307 g/mol. The summed E-state index contributed by atoms with van der Waals surface area (Å²) in [6, 6.07) is 0. The van der Waals surface area contributed by atoms with Crippen molar-refractivity contribution in [1.82, 2.24) is 10.6 Å². The van der Waals surface area contributed by atoms with Crippen LogP contribution in [0.5, 0.6) is 0 Å². The fraction of sp³-hybridized carbons (Fsp3) is 1.00. The van der Waals surface area contributed by atoms with E-state index in [0.29, 0.717) is 0 Å². The molecule has 0 spiro atoms. The summed E-state index contributed by atoms with van der Waals surface area (Å²) in [6.45, 7) is 4.75. The quantitative estimate of drug-likeness (QED) is 0.717. The van der Waals surface area contributed by atoms with Crippen LogP contribution in [0.2, 0.25) is 0 Å². The first-order chi connectivity index (χ1) is 7.00. The predicted molar refractivity (Wildman–Crippen MR) is 84.1 cm³/mol. The van der Waals surface area contributed by atoms with Gasteiger partial charge in [-0.1, -0.05) is 0 Å². The van der Waals surface area contributed by atoms with E-state index >= 15 is 0 Å². The third-order valence-electron chi connectivity index (χ3n) is 2.13. The minimum Gasteiger partial charge on any atom is -0.316 e. The van der Waals surface area contributed by atoms with E-state index in [4.69, 9.17) is 0 Å². The summed E-state index contributed by atoms with van der Waals surface area (Å²) in [5.74, 6) is 5.16. The Balaban J connectivity index is 0. The largest absolute Gasteiger partial charge is 0.316 e. The molecule has 1 heterocycles. The molecule has 0 bridgehead atoms. The van der Waals surface area contributed by atoms with Crippen LogP contribution in [0, 0.1) is 0 Å². The molecule has 0 aromatic carbocycles. The molecule has 1 fully saturated rings. The lowest BCUT2D eigenvalue weighted by atomic mass is 10.5. The molecule has 1 rings (SSSR count). The third-order valence-corrected chi connectivity index (χ3v) is 4.27. The van der Waals surface area contributed by atoms with Gasteiger partial charge in [0, 0.05) is 24.6 Å². The van der Waals surface area contributed by atoms with Gasteiger partial charge in [0.25, 0.3) is 0 Å². The lowest BCUT2D eigenvalue weighted by molar-refractivity contribution is 0.699. The zero-order valence-corrected chi connectivity index (χ0v) is 13.0. The average Bonchev–Trinajstić information content (AvgIpc) is 2.22. The molecule has 16 heavy (non-hydrogen) atoms. The Labute approximate surface area is 121 Å². The Morgan fingerprint density at radius 2 is 1.00 bits per heavy atom. The molecule has 6 heteroatoms. The number of hydrogen-bond donors (Lipinski definition) is 2. The van der Waals surface area contributed by atoms with Crippen LogP contribution in [-0.2, 0) is 0 Å². The molecule has 1 aliphatic rings. The first-order valence-corrected chi connectivity index (χ1v) is 7.88. The summed E-state index contributed by atoms with van der Waals surface area (Å²) < 4.78 is 0. The summed E-state index contributed by atoms with van der Waals surface area (Å²) in [5.41, 5.74) is 0. The highest BCUT2D eigenvalue weighted by atomic mass is 35.5. The van der Waals surface area contributed by atoms with E-state index in [2.05, 4.69) is 22.4 Å². The summed E-state index contributed by atoms with van der Waals surface area (Å²) in [4.78, 5) is 0. The van der Waals surface area contributed by atoms with Crippen molar-refractivity contribution in [3.05, 3.63) is 0 Å². The van der Waals surface area contributed by atoms with Crippen molar-refractivity contribution in [2.75, 3.05) is 49.2 Å². The second-order valence-electron chi connectivity index (χ2n) is 3.43. The van der Waals surface area contributed by atoms with Gasteiger partial charge < -0.3 is 10.6 Å². The van der Waals surface area contributed by atoms with Crippen molar-refractivity contribution in [2.24, 2.45) is 0 Å². The van der Waals surface area contributed by atoms with Gasteiger partial charge in [-0.2, -0.15) is 23.5 Å². The molecular formula is C10H24Cl2N2S2. The summed E-state index contributed by atoms with van der Waals surface area (Å²) in [7, 11) is 0. The molecule has 1 saturated heterocycles. The minimum atomic E-state index is 0. The van der Waals surface area contributed by atoms with Gasteiger partial charge in [0.15, 0.2) is 0 Å². The maximum atomic E-state index is 3.48. The highest BCUT2D eigenvalue weighted by Crippen LogP contribution is 2.04. The minimum absolute atomic E-state index is 0. The van der Waals surface area contributed by atoms with Crippen molar-refractivity contribution < 1.29 is 0 Å². The van der Waals surface area contributed by atoms with Gasteiger partial charge >= 0.3 is 0 Å². The van der Waals surface area contributed by atoms with Crippen molar-refractivity contribution in [3.63, 3.8) is 0 Å². The molecule has 0 saturated carbocycles. The van der Waals surface area contributed by atoms with Crippen molar-refractivity contribution in [1.29, 1.82) is 0 Å². The van der Waals surface area contributed by atoms with Gasteiger partial charge in [-0.25, -0.2) is 0 Å². The number of rotatable bonds is 0. The van der Waals surface area contributed by atoms with E-state index in [0.717, 1.165) is 0 Å². The normalized spacial score (nSPS) is 21.0. The maximum Gasteiger partial charge on any atom is 0.00585 e. The zero-order valence-electron chi connectivity index (χ0n) is 9.70. The molecule has 0 atom stereocenters. The van der Waals surface area contributed by atoms with E-state index < -0.39 is 0 Å². The molecule has 0 unspecified atom stereocenters. The van der Waals surface area contributed by atoms with Crippen LogP contribution in [0.25, 0.3) is 0 Å². The number of nitrogens with one attached hydrogen (secondary N) is 2. The molecule has 0 aliphatic carbocycles. The van der Waals surface area contributed by atoms with Gasteiger partial charge in [0.2, 0.25) is 0 Å². The molecule has 2 nitrogen and oxygen atoms in total. The SMILES string of the molecule is C1CNCCSCCNCCCSC1.Cl.Cl. The van der Waals surface area contributed by atoms with Crippen LogP contribution in [0.4, 0.5) is 0 Å². The Bertz CT molecular complexity index is 78.1. The maximum absolute atomic E-state index is 3.48. The summed E-state index contributed by atoms with van der Waals surface area (Å²) in [5, 5.41) is 6.97. The Morgan fingerprint density at radius 3 is 1.50 bits per heavy atom. The van der Waals surface area contributed by atoms with Crippen LogP contribution in [0.1, 0.15) is 12.8 Å². The van der Waals surface area contributed by atoms with Gasteiger partial charge in [-0.15, -0.1) is 24.8 Å². The monoisotopic (exact) mass is 306 g/mol. The van der Waals surface area contributed by atoms with E-state index in [-0.39, 0.29) is 24.8 Å². The highest BCUT2D eigenvalue weighted by Gasteiger charge is 1.94. The standard InChI is InChI=1S/C10H22N2S2.2ClH/c1-3-11-5-9-14-10-6-12-4-2-8-13-7-1;;/h11-12H,1-10H2;2*1H. The Hall–Kier alpha value is 1.20. The lowest BCUT2D eigenvalue weighted by Crippen LogP contribution is -2.22. The van der Waals surface area contributed by atoms with Crippen molar-refractivity contribution in [3.8, 4) is 0 Å². The molecule has 1 aliphatic heterocycles. The molecule has 0 amide bonds. The van der Waals surface area contributed by atoms with Crippen LogP contribution in [-0.4, -0.2) is 49.2 Å². The Morgan fingerprint density at radius 1 is 0.562 bits per heavy atom. The lowest BCUT2D eigenvalue weighted by Gasteiger charge is -2.08. The molecular weight excluding hydrogens is 283 g/mol. The topological polar surface area (TPSA) is 24.1 Å². The van der Waals surface area contributed by atoms with Gasteiger partial charge in [0.05, 0.1) is 0 Å². The second-order valence-corrected chi connectivity index (χ2v) is 5.88. The second kappa shape index (κ2) is 16.2. The van der Waals surface area contributed by atoms with Crippen molar-refractivity contribution in [2.45, 2.75) is 12.8 Å². The number of hydrogen-bond acceptors (Lipinski definition) is 4. The summed E-state index contributed by atoms with van der Waals surface area (Å²) >= 11 is 4.14. The molecule has 100 valence electrons. The van der Waals surface area contributed by atoms with Gasteiger partial charge in [0.1, 0.15) is 0 Å². The predicted octanol–water partition coefficient (Wildman–Crippen LogP) is 2.27. The van der Waals surface area contributed by atoms with E-state index in [1.807, 2.05) is 11.8 Å². The zero-order chi connectivity index (χ0) is 9.90. The van der Waals surface area contributed by atoms with E-state index in [9.17, 15) is 0 Å². The van der Waals surface area contributed by atoms with Gasteiger partial charge in [-0.3, -0.25) is 0 Å². The fourth-order valence-corrected chi connectivity index (χ4v) is 3.02. The van der Waals surface area contributed by atoms with Crippen molar-refractivity contribution >= 4 is 48.3 Å². The number of thioether (sulfide) groups is 2. The van der Waals surface area contributed by atoms with E-state index in [1.54, 1.807) is 0 Å². The van der Waals surface area contributed by atoms with E-state index in [1.165, 1.54) is 62.0 Å². The third kappa shape index (κ3) is 13.3. The molecule has 0 aromatic rings.